The van der Waals surface area contributed by atoms with Crippen LogP contribution in [-0.2, 0) is 10.4 Å². The fourth-order valence-corrected chi connectivity index (χ4v) is 5.19. The van der Waals surface area contributed by atoms with Crippen LogP contribution in [0.5, 0.6) is 0 Å². The van der Waals surface area contributed by atoms with E-state index in [4.69, 9.17) is 20.5 Å². The summed E-state index contributed by atoms with van der Waals surface area (Å²) in [5.41, 5.74) is 11.9. The van der Waals surface area contributed by atoms with Gasteiger partial charge in [0.1, 0.15) is 11.5 Å². The Morgan fingerprint density at radius 1 is 1.06 bits per heavy atom. The van der Waals surface area contributed by atoms with E-state index < -0.39 is 5.66 Å². The van der Waals surface area contributed by atoms with E-state index in [1.807, 2.05) is 32.2 Å². The van der Waals surface area contributed by atoms with Gasteiger partial charge in [-0.1, -0.05) is 31.9 Å². The van der Waals surface area contributed by atoms with Crippen molar-refractivity contribution < 1.29 is 4.74 Å². The number of hydrogen-bond acceptors (Lipinski definition) is 5. The number of methoxy groups -OCH3 is 1. The minimum absolute atomic E-state index is 0.284. The SMILES string of the molecule is CC#Cc1cc(-c2ccc(C(C)C)c(C3(C4CCC(OC)CC4)N=C(C)C(N)=N3)c2)ccn1. The zero-order chi connectivity index (χ0) is 23.6. The molecule has 4 rings (SSSR count). The summed E-state index contributed by atoms with van der Waals surface area (Å²) in [7, 11) is 1.81. The van der Waals surface area contributed by atoms with E-state index in [1.54, 1.807) is 7.11 Å². The number of aliphatic imine (C=N–C) groups is 2. The van der Waals surface area contributed by atoms with Crippen molar-refractivity contribution in [1.29, 1.82) is 0 Å². The predicted molar refractivity (Wildman–Crippen MR) is 135 cm³/mol. The smallest absolute Gasteiger partial charge is 0.181 e. The standard InChI is InChI=1S/C28H34N4O/c1-6-7-23-16-21(14-15-30-23)20-8-13-25(18(2)3)26(17-20)28(31-19(4)27(29)32-28)22-9-11-24(33-5)12-10-22/h8,13-18,22,24H,9-12H2,1-5H3,(H2,29,32). The van der Waals surface area contributed by atoms with Crippen LogP contribution in [0.15, 0.2) is 46.5 Å². The van der Waals surface area contributed by atoms with Crippen LogP contribution in [0.2, 0.25) is 0 Å². The van der Waals surface area contributed by atoms with Gasteiger partial charge in [0, 0.05) is 24.8 Å². The first kappa shape index (κ1) is 23.2. The summed E-state index contributed by atoms with van der Waals surface area (Å²) >= 11 is 0. The van der Waals surface area contributed by atoms with Gasteiger partial charge in [-0.25, -0.2) is 9.98 Å². The number of amidine groups is 1. The molecule has 2 aliphatic rings. The number of nitrogens with zero attached hydrogens (tertiary/aromatic N) is 3. The van der Waals surface area contributed by atoms with Gasteiger partial charge in [-0.15, -0.1) is 0 Å². The molecule has 1 aromatic heterocycles. The lowest BCUT2D eigenvalue weighted by Crippen LogP contribution is -2.36. The van der Waals surface area contributed by atoms with Crippen molar-refractivity contribution in [3.05, 3.63) is 53.3 Å². The molecule has 1 fully saturated rings. The number of pyridine rings is 1. The fraction of sp³-hybridized carbons (Fsp3) is 0.464. The Labute approximate surface area is 197 Å². The molecular formula is C28H34N4O. The minimum atomic E-state index is -0.679. The second-order valence-corrected chi connectivity index (χ2v) is 9.39. The number of benzene rings is 1. The van der Waals surface area contributed by atoms with Crippen molar-refractivity contribution in [1.82, 2.24) is 4.98 Å². The summed E-state index contributed by atoms with van der Waals surface area (Å²) in [4.78, 5) is 14.6. The molecule has 0 saturated heterocycles. The van der Waals surface area contributed by atoms with Gasteiger partial charge in [0.05, 0.1) is 11.8 Å². The Hall–Kier alpha value is -2.97. The molecule has 0 spiro atoms. The largest absolute Gasteiger partial charge is 0.382 e. The van der Waals surface area contributed by atoms with Gasteiger partial charge in [-0.05, 0) is 86.3 Å². The van der Waals surface area contributed by atoms with Crippen LogP contribution in [0, 0.1) is 17.8 Å². The Bertz CT molecular complexity index is 1130. The van der Waals surface area contributed by atoms with E-state index in [9.17, 15) is 0 Å². The zero-order valence-electron chi connectivity index (χ0n) is 20.4. The number of aromatic nitrogens is 1. The van der Waals surface area contributed by atoms with Gasteiger partial charge in [0.2, 0.25) is 0 Å². The second-order valence-electron chi connectivity index (χ2n) is 9.39. The van der Waals surface area contributed by atoms with Gasteiger partial charge in [0.15, 0.2) is 5.66 Å². The molecule has 0 bridgehead atoms. The van der Waals surface area contributed by atoms with Crippen molar-refractivity contribution in [3.8, 4) is 23.0 Å². The first-order valence-corrected chi connectivity index (χ1v) is 11.9. The third-order valence-electron chi connectivity index (χ3n) is 6.99. The first-order valence-electron chi connectivity index (χ1n) is 11.9. The maximum atomic E-state index is 6.35. The van der Waals surface area contributed by atoms with Gasteiger partial charge in [-0.3, -0.25) is 4.99 Å². The Morgan fingerprint density at radius 3 is 2.39 bits per heavy atom. The molecule has 0 amide bonds. The molecule has 1 unspecified atom stereocenters. The lowest BCUT2D eigenvalue weighted by molar-refractivity contribution is 0.0425. The van der Waals surface area contributed by atoms with Crippen LogP contribution < -0.4 is 5.73 Å². The lowest BCUT2D eigenvalue weighted by atomic mass is 9.73. The van der Waals surface area contributed by atoms with Crippen molar-refractivity contribution in [2.24, 2.45) is 21.6 Å². The van der Waals surface area contributed by atoms with E-state index in [0.29, 0.717) is 17.9 Å². The van der Waals surface area contributed by atoms with Crippen LogP contribution in [0.4, 0.5) is 0 Å². The molecule has 2 aromatic rings. The zero-order valence-corrected chi connectivity index (χ0v) is 20.4. The monoisotopic (exact) mass is 442 g/mol. The average molecular weight is 443 g/mol. The number of nitrogens with two attached hydrogens (primary N) is 1. The van der Waals surface area contributed by atoms with E-state index in [2.05, 4.69) is 48.9 Å². The van der Waals surface area contributed by atoms with E-state index in [0.717, 1.165) is 53.8 Å². The molecular weight excluding hydrogens is 408 g/mol. The summed E-state index contributed by atoms with van der Waals surface area (Å²) in [6, 6.07) is 10.8. The van der Waals surface area contributed by atoms with Gasteiger partial charge < -0.3 is 10.5 Å². The summed E-state index contributed by atoms with van der Waals surface area (Å²) in [5, 5.41) is 0. The van der Waals surface area contributed by atoms with Crippen LogP contribution in [-0.4, -0.2) is 29.7 Å². The molecule has 2 heterocycles. The van der Waals surface area contributed by atoms with Crippen molar-refractivity contribution in [3.63, 3.8) is 0 Å². The van der Waals surface area contributed by atoms with Crippen molar-refractivity contribution in [2.75, 3.05) is 7.11 Å². The first-order chi connectivity index (χ1) is 15.9. The average Bonchev–Trinajstić information content (AvgIpc) is 3.14. The van der Waals surface area contributed by atoms with Gasteiger partial charge in [-0.2, -0.15) is 0 Å². The van der Waals surface area contributed by atoms with E-state index in [-0.39, 0.29) is 5.92 Å². The summed E-state index contributed by atoms with van der Waals surface area (Å²) in [6.07, 6.45) is 6.21. The van der Waals surface area contributed by atoms with Gasteiger partial charge in [0.25, 0.3) is 0 Å². The topological polar surface area (TPSA) is 72.9 Å². The number of hydrogen-bond donors (Lipinski definition) is 1. The highest BCUT2D eigenvalue weighted by Crippen LogP contribution is 2.48. The summed E-state index contributed by atoms with van der Waals surface area (Å²) < 4.78 is 5.64. The highest BCUT2D eigenvalue weighted by Gasteiger charge is 2.46. The highest BCUT2D eigenvalue weighted by atomic mass is 16.5. The molecule has 1 aromatic carbocycles. The lowest BCUT2D eigenvalue weighted by Gasteiger charge is -2.39. The molecule has 0 radical (unpaired) electrons. The Morgan fingerprint density at radius 2 is 1.79 bits per heavy atom. The van der Waals surface area contributed by atoms with Crippen molar-refractivity contribution in [2.45, 2.75) is 71.1 Å². The summed E-state index contributed by atoms with van der Waals surface area (Å²) in [5.74, 6) is 7.18. The van der Waals surface area contributed by atoms with Crippen LogP contribution >= 0.6 is 0 Å². The maximum absolute atomic E-state index is 6.35. The van der Waals surface area contributed by atoms with Crippen LogP contribution in [0.25, 0.3) is 11.1 Å². The van der Waals surface area contributed by atoms with Crippen molar-refractivity contribution >= 4 is 11.5 Å². The molecule has 1 aliphatic heterocycles. The molecule has 1 saturated carbocycles. The second kappa shape index (κ2) is 9.49. The fourth-order valence-electron chi connectivity index (χ4n) is 5.19. The minimum Gasteiger partial charge on any atom is -0.382 e. The molecule has 1 atom stereocenters. The Kier molecular flexibility index (Phi) is 6.67. The maximum Gasteiger partial charge on any atom is 0.181 e. The molecule has 33 heavy (non-hydrogen) atoms. The van der Waals surface area contributed by atoms with Crippen LogP contribution in [0.1, 0.15) is 76.1 Å². The highest BCUT2D eigenvalue weighted by molar-refractivity contribution is 6.41. The third-order valence-corrected chi connectivity index (χ3v) is 6.99. The third kappa shape index (κ3) is 4.45. The summed E-state index contributed by atoms with van der Waals surface area (Å²) in [6.45, 7) is 8.26. The van der Waals surface area contributed by atoms with E-state index >= 15 is 0 Å². The van der Waals surface area contributed by atoms with Gasteiger partial charge >= 0.3 is 0 Å². The normalized spacial score (nSPS) is 24.8. The number of rotatable bonds is 5. The predicted octanol–water partition coefficient (Wildman–Crippen LogP) is 5.43. The Balaban J connectivity index is 1.87. The number of ether oxygens (including phenoxy) is 1. The molecule has 5 heteroatoms. The molecule has 2 N–H and O–H groups in total. The quantitative estimate of drug-likeness (QED) is 0.627. The molecule has 5 nitrogen and oxygen atoms in total. The van der Waals surface area contributed by atoms with E-state index in [1.165, 1.54) is 5.56 Å². The molecule has 172 valence electrons. The molecule has 1 aliphatic carbocycles. The van der Waals surface area contributed by atoms with Crippen LogP contribution in [0.3, 0.4) is 0 Å².